The van der Waals surface area contributed by atoms with Crippen molar-refractivity contribution in [2.75, 3.05) is 6.26 Å². The number of sulfone groups is 1. The number of nitrogens with zero attached hydrogens (tertiary/aromatic N) is 1. The molecule has 1 aromatic rings. The van der Waals surface area contributed by atoms with Gasteiger partial charge in [0.25, 0.3) is 5.69 Å². The van der Waals surface area contributed by atoms with Gasteiger partial charge in [-0.2, -0.15) is 0 Å². The Hall–Kier alpha value is -2.48. The van der Waals surface area contributed by atoms with E-state index in [-0.39, 0.29) is 16.4 Å². The van der Waals surface area contributed by atoms with Gasteiger partial charge < -0.3 is 5.32 Å². The van der Waals surface area contributed by atoms with Gasteiger partial charge in [-0.15, -0.1) is 0 Å². The van der Waals surface area contributed by atoms with Crippen LogP contribution >= 0.6 is 0 Å². The summed E-state index contributed by atoms with van der Waals surface area (Å²) in [5.74, 6) is -0.922. The molecule has 0 radical (unpaired) electrons. The van der Waals surface area contributed by atoms with Crippen LogP contribution in [0.15, 0.2) is 40.1 Å². The number of Topliss-reactive ketones (excluding diaryl/α,β-unsaturated/α-hetero) is 1. The van der Waals surface area contributed by atoms with Crippen LogP contribution in [0.2, 0.25) is 0 Å². The van der Waals surface area contributed by atoms with E-state index in [1.54, 1.807) is 26.0 Å². The SMILES string of the molecule is CC1=C(S(C)(=O)=O)C(c2ccc(C)c([N+](=O)[O-])c2)C2=C(CCCC2=O)N1. The summed E-state index contributed by atoms with van der Waals surface area (Å²) in [5, 5.41) is 14.4. The van der Waals surface area contributed by atoms with Crippen LogP contribution < -0.4 is 5.32 Å². The summed E-state index contributed by atoms with van der Waals surface area (Å²) in [6, 6.07) is 4.65. The number of dihydropyridines is 1. The maximum atomic E-state index is 12.6. The van der Waals surface area contributed by atoms with Crippen molar-refractivity contribution in [3.05, 3.63) is 61.3 Å². The molecule has 1 heterocycles. The number of hydrogen-bond donors (Lipinski definition) is 1. The first kappa shape index (κ1) is 18.3. The number of benzene rings is 1. The number of hydrogen-bond acceptors (Lipinski definition) is 6. The Morgan fingerprint density at radius 2 is 1.92 bits per heavy atom. The van der Waals surface area contributed by atoms with E-state index in [1.165, 1.54) is 6.07 Å². The van der Waals surface area contributed by atoms with Gasteiger partial charge in [-0.1, -0.05) is 12.1 Å². The Morgan fingerprint density at radius 3 is 2.54 bits per heavy atom. The standard InChI is InChI=1S/C18H20N2O5S/c1-10-7-8-12(9-14(10)20(22)23)16-17-13(5-4-6-15(17)21)19-11(2)18(16)26(3,24)25/h7-9,16,19H,4-6H2,1-3H3. The molecule has 0 aromatic heterocycles. The number of nitro benzene ring substituents is 1. The van der Waals surface area contributed by atoms with Crippen LogP contribution in [-0.2, 0) is 14.6 Å². The molecule has 1 unspecified atom stereocenters. The third kappa shape index (κ3) is 3.05. The largest absolute Gasteiger partial charge is 0.361 e. The van der Waals surface area contributed by atoms with Crippen molar-refractivity contribution in [3.63, 3.8) is 0 Å². The predicted octanol–water partition coefficient (Wildman–Crippen LogP) is 2.87. The molecule has 1 aromatic carbocycles. The zero-order valence-corrected chi connectivity index (χ0v) is 15.6. The normalized spacial score (nSPS) is 20.7. The topological polar surface area (TPSA) is 106 Å². The van der Waals surface area contributed by atoms with Crippen molar-refractivity contribution in [1.82, 2.24) is 5.32 Å². The molecule has 8 heteroatoms. The number of rotatable bonds is 3. The summed E-state index contributed by atoms with van der Waals surface area (Å²) in [7, 11) is -3.63. The fraction of sp³-hybridized carbons (Fsp3) is 0.389. The maximum absolute atomic E-state index is 12.6. The van der Waals surface area contributed by atoms with E-state index in [0.717, 1.165) is 12.0 Å². The lowest BCUT2D eigenvalue weighted by molar-refractivity contribution is -0.385. The first-order valence-electron chi connectivity index (χ1n) is 8.30. The lowest BCUT2D eigenvalue weighted by Crippen LogP contribution is -2.33. The number of nitro groups is 1. The highest BCUT2D eigenvalue weighted by molar-refractivity contribution is 7.94. The van der Waals surface area contributed by atoms with Crippen LogP contribution in [0.25, 0.3) is 0 Å². The molecule has 138 valence electrons. The molecule has 1 atom stereocenters. The number of aryl methyl sites for hydroxylation is 1. The van der Waals surface area contributed by atoms with Crippen LogP contribution in [0.4, 0.5) is 5.69 Å². The molecular weight excluding hydrogens is 356 g/mol. The van der Waals surface area contributed by atoms with Gasteiger partial charge in [0.1, 0.15) is 0 Å². The molecule has 0 saturated heterocycles. The average Bonchev–Trinajstić information content (AvgIpc) is 2.52. The van der Waals surface area contributed by atoms with Gasteiger partial charge in [0, 0.05) is 41.3 Å². The third-order valence-corrected chi connectivity index (χ3v) is 6.22. The summed E-state index contributed by atoms with van der Waals surface area (Å²) in [4.78, 5) is 23.6. The molecule has 3 rings (SSSR count). The molecule has 1 N–H and O–H groups in total. The molecule has 0 bridgehead atoms. The summed E-state index contributed by atoms with van der Waals surface area (Å²) in [5.41, 5.74) is 2.45. The molecule has 0 spiro atoms. The van der Waals surface area contributed by atoms with Crippen LogP contribution in [-0.4, -0.2) is 25.4 Å². The van der Waals surface area contributed by atoms with Gasteiger partial charge in [-0.05, 0) is 32.3 Å². The number of nitrogens with one attached hydrogen (secondary N) is 1. The van der Waals surface area contributed by atoms with Crippen molar-refractivity contribution in [2.24, 2.45) is 0 Å². The van der Waals surface area contributed by atoms with E-state index >= 15 is 0 Å². The second-order valence-electron chi connectivity index (χ2n) is 6.79. The number of carbonyl (C=O) groups excluding carboxylic acids is 1. The summed E-state index contributed by atoms with van der Waals surface area (Å²) in [6.07, 6.45) is 2.80. The molecule has 0 saturated carbocycles. The van der Waals surface area contributed by atoms with Gasteiger partial charge in [0.2, 0.25) is 0 Å². The van der Waals surface area contributed by atoms with Gasteiger partial charge in [-0.3, -0.25) is 14.9 Å². The Bertz CT molecular complexity index is 989. The quantitative estimate of drug-likeness (QED) is 0.642. The fourth-order valence-corrected chi connectivity index (χ4v) is 5.07. The molecule has 1 aliphatic heterocycles. The zero-order chi connectivity index (χ0) is 19.2. The molecule has 26 heavy (non-hydrogen) atoms. The highest BCUT2D eigenvalue weighted by Gasteiger charge is 2.39. The third-order valence-electron chi connectivity index (χ3n) is 4.88. The van der Waals surface area contributed by atoms with E-state index in [4.69, 9.17) is 0 Å². The Morgan fingerprint density at radius 1 is 1.23 bits per heavy atom. The highest BCUT2D eigenvalue weighted by Crippen LogP contribution is 2.44. The molecule has 0 amide bonds. The molecule has 1 aliphatic carbocycles. The lowest BCUT2D eigenvalue weighted by atomic mass is 9.79. The zero-order valence-electron chi connectivity index (χ0n) is 14.8. The number of carbonyl (C=O) groups is 1. The van der Waals surface area contributed by atoms with Crippen LogP contribution in [0, 0.1) is 17.0 Å². The molecule has 0 fully saturated rings. The summed E-state index contributed by atoms with van der Waals surface area (Å²) >= 11 is 0. The summed E-state index contributed by atoms with van der Waals surface area (Å²) in [6.45, 7) is 3.29. The molecule has 2 aliphatic rings. The fourth-order valence-electron chi connectivity index (χ4n) is 3.78. The first-order valence-corrected chi connectivity index (χ1v) is 10.2. The van der Waals surface area contributed by atoms with Crippen molar-refractivity contribution in [2.45, 2.75) is 39.0 Å². The number of allylic oxidation sites excluding steroid dienone is 4. The van der Waals surface area contributed by atoms with Gasteiger partial charge >= 0.3 is 0 Å². The maximum Gasteiger partial charge on any atom is 0.272 e. The Balaban J connectivity index is 2.29. The molecule has 7 nitrogen and oxygen atoms in total. The first-order chi connectivity index (χ1) is 12.1. The van der Waals surface area contributed by atoms with Crippen LogP contribution in [0.1, 0.15) is 43.2 Å². The predicted molar refractivity (Wildman–Crippen MR) is 97.1 cm³/mol. The van der Waals surface area contributed by atoms with E-state index < -0.39 is 20.7 Å². The number of ketones is 1. The van der Waals surface area contributed by atoms with Crippen molar-refractivity contribution < 1.29 is 18.1 Å². The second kappa shape index (κ2) is 6.35. The minimum atomic E-state index is -3.63. The monoisotopic (exact) mass is 376 g/mol. The van der Waals surface area contributed by atoms with Crippen LogP contribution in [0.3, 0.4) is 0 Å². The average molecular weight is 376 g/mol. The minimum Gasteiger partial charge on any atom is -0.361 e. The minimum absolute atomic E-state index is 0.0862. The summed E-state index contributed by atoms with van der Waals surface area (Å²) < 4.78 is 25.0. The van der Waals surface area contributed by atoms with Crippen molar-refractivity contribution in [1.29, 1.82) is 0 Å². The second-order valence-corrected chi connectivity index (χ2v) is 8.78. The van der Waals surface area contributed by atoms with Gasteiger partial charge in [0.15, 0.2) is 15.6 Å². The van der Waals surface area contributed by atoms with E-state index in [0.29, 0.717) is 41.7 Å². The Kier molecular flexibility index (Phi) is 4.47. The highest BCUT2D eigenvalue weighted by atomic mass is 32.2. The van der Waals surface area contributed by atoms with Gasteiger partial charge in [-0.25, -0.2) is 8.42 Å². The van der Waals surface area contributed by atoms with Crippen LogP contribution in [0.5, 0.6) is 0 Å². The lowest BCUT2D eigenvalue weighted by Gasteiger charge is -2.34. The van der Waals surface area contributed by atoms with Crippen molar-refractivity contribution in [3.8, 4) is 0 Å². The Labute approximate surface area is 151 Å². The smallest absolute Gasteiger partial charge is 0.272 e. The van der Waals surface area contributed by atoms with E-state index in [2.05, 4.69) is 5.32 Å². The van der Waals surface area contributed by atoms with E-state index in [1.807, 2.05) is 0 Å². The van der Waals surface area contributed by atoms with Crippen molar-refractivity contribution >= 4 is 21.3 Å². The van der Waals surface area contributed by atoms with Gasteiger partial charge in [0.05, 0.1) is 15.7 Å². The van der Waals surface area contributed by atoms with E-state index in [9.17, 15) is 23.3 Å². The molecular formula is C18H20N2O5S.